The molecule has 4 heterocycles. The lowest BCUT2D eigenvalue weighted by Crippen LogP contribution is -2.56. The summed E-state index contributed by atoms with van der Waals surface area (Å²) in [6.07, 6.45) is 1.71. The molecule has 2 aromatic rings. The number of piperidine rings is 1. The average Bonchev–Trinajstić information content (AvgIpc) is 3.53. The zero-order valence-corrected chi connectivity index (χ0v) is 18.6. The number of aryl methyl sites for hydroxylation is 1. The number of carbonyl (C=O) groups is 3. The quantitative estimate of drug-likeness (QED) is 0.690. The van der Waals surface area contributed by atoms with Crippen molar-refractivity contribution < 1.29 is 28.4 Å². The van der Waals surface area contributed by atoms with Crippen molar-refractivity contribution >= 4 is 17.8 Å². The molecule has 0 radical (unpaired) electrons. The number of urea groups is 1. The SMILES string of the molecule is CC[C@@]1(C2CCN(C(=O)c3cc(C)on3)CC2)NC(=O)N(Cc2ccc3c(c2)OCO3)C1=O. The Morgan fingerprint density at radius 2 is 1.94 bits per heavy atom. The third kappa shape index (κ3) is 3.59. The van der Waals surface area contributed by atoms with E-state index in [-0.39, 0.29) is 36.8 Å². The van der Waals surface area contributed by atoms with Gasteiger partial charge in [0.2, 0.25) is 6.79 Å². The minimum atomic E-state index is -0.965. The lowest BCUT2D eigenvalue weighted by Gasteiger charge is -2.40. The number of imide groups is 1. The number of benzene rings is 1. The number of aromatic nitrogens is 1. The number of nitrogens with one attached hydrogen (secondary N) is 1. The van der Waals surface area contributed by atoms with Crippen LogP contribution in [0.3, 0.4) is 0 Å². The van der Waals surface area contributed by atoms with Gasteiger partial charge in [0, 0.05) is 19.2 Å². The highest BCUT2D eigenvalue weighted by Crippen LogP contribution is 2.38. The molecule has 0 saturated carbocycles. The van der Waals surface area contributed by atoms with Gasteiger partial charge < -0.3 is 24.2 Å². The van der Waals surface area contributed by atoms with Gasteiger partial charge in [-0.05, 0) is 49.8 Å². The molecule has 1 aromatic carbocycles. The molecule has 1 atom stereocenters. The zero-order chi connectivity index (χ0) is 23.2. The van der Waals surface area contributed by atoms with Crippen LogP contribution in [0.1, 0.15) is 48.0 Å². The molecule has 0 unspecified atom stereocenters. The fourth-order valence-electron chi connectivity index (χ4n) is 5.02. The maximum Gasteiger partial charge on any atom is 0.325 e. The van der Waals surface area contributed by atoms with E-state index in [1.54, 1.807) is 30.0 Å². The topological polar surface area (TPSA) is 114 Å². The largest absolute Gasteiger partial charge is 0.454 e. The van der Waals surface area contributed by atoms with E-state index in [1.165, 1.54) is 4.90 Å². The number of fused-ring (bicyclic) bond motifs is 1. The fraction of sp³-hybridized carbons (Fsp3) is 0.478. The summed E-state index contributed by atoms with van der Waals surface area (Å²) in [5.41, 5.74) is 0.113. The maximum atomic E-state index is 13.5. The lowest BCUT2D eigenvalue weighted by atomic mass is 9.75. The van der Waals surface area contributed by atoms with Crippen LogP contribution in [-0.4, -0.2) is 58.2 Å². The normalized spacial score (nSPS) is 22.7. The van der Waals surface area contributed by atoms with E-state index in [9.17, 15) is 14.4 Å². The summed E-state index contributed by atoms with van der Waals surface area (Å²) in [6.45, 7) is 4.96. The van der Waals surface area contributed by atoms with E-state index >= 15 is 0 Å². The van der Waals surface area contributed by atoms with Gasteiger partial charge in [0.15, 0.2) is 17.2 Å². The van der Waals surface area contributed by atoms with Crippen molar-refractivity contribution in [2.45, 2.75) is 45.2 Å². The molecule has 10 nitrogen and oxygen atoms in total. The Balaban J connectivity index is 1.28. The first-order valence-electron chi connectivity index (χ1n) is 11.2. The predicted octanol–water partition coefficient (Wildman–Crippen LogP) is 2.46. The van der Waals surface area contributed by atoms with Crippen molar-refractivity contribution in [3.63, 3.8) is 0 Å². The molecule has 3 aliphatic heterocycles. The van der Waals surface area contributed by atoms with Crippen molar-refractivity contribution in [1.29, 1.82) is 0 Å². The molecule has 1 N–H and O–H groups in total. The Bertz CT molecular complexity index is 1110. The Hall–Kier alpha value is -3.56. The van der Waals surface area contributed by atoms with Gasteiger partial charge in [0.05, 0.1) is 6.54 Å². The van der Waals surface area contributed by atoms with E-state index in [0.29, 0.717) is 49.6 Å². The predicted molar refractivity (Wildman–Crippen MR) is 115 cm³/mol. The van der Waals surface area contributed by atoms with Crippen LogP contribution in [-0.2, 0) is 11.3 Å². The summed E-state index contributed by atoms with van der Waals surface area (Å²) in [5, 5.41) is 6.80. The van der Waals surface area contributed by atoms with Gasteiger partial charge in [-0.25, -0.2) is 4.79 Å². The number of carbonyl (C=O) groups excluding carboxylic acids is 3. The number of hydrogen-bond acceptors (Lipinski definition) is 7. The molecule has 174 valence electrons. The number of hydrogen-bond donors (Lipinski definition) is 1. The van der Waals surface area contributed by atoms with Gasteiger partial charge in [0.25, 0.3) is 11.8 Å². The minimum Gasteiger partial charge on any atom is -0.454 e. The Labute approximate surface area is 190 Å². The van der Waals surface area contributed by atoms with Crippen LogP contribution in [0.25, 0.3) is 0 Å². The number of amides is 4. The molecule has 0 aliphatic carbocycles. The van der Waals surface area contributed by atoms with Crippen molar-refractivity contribution in [2.24, 2.45) is 5.92 Å². The number of likely N-dealkylation sites (tertiary alicyclic amines) is 1. The number of nitrogens with zero attached hydrogens (tertiary/aromatic N) is 3. The molecule has 2 fully saturated rings. The minimum absolute atomic E-state index is 0.0659. The zero-order valence-electron chi connectivity index (χ0n) is 18.6. The van der Waals surface area contributed by atoms with Crippen LogP contribution in [0.5, 0.6) is 11.5 Å². The van der Waals surface area contributed by atoms with E-state index in [2.05, 4.69) is 10.5 Å². The van der Waals surface area contributed by atoms with Crippen LogP contribution in [0, 0.1) is 12.8 Å². The van der Waals surface area contributed by atoms with E-state index in [1.807, 2.05) is 13.0 Å². The van der Waals surface area contributed by atoms with E-state index < -0.39 is 11.6 Å². The second-order valence-corrected chi connectivity index (χ2v) is 8.72. The molecule has 10 heteroatoms. The Kier molecular flexibility index (Phi) is 5.22. The van der Waals surface area contributed by atoms with Gasteiger partial charge in [-0.3, -0.25) is 14.5 Å². The first kappa shape index (κ1) is 21.3. The second-order valence-electron chi connectivity index (χ2n) is 8.72. The molecular weight excluding hydrogens is 428 g/mol. The molecule has 0 bridgehead atoms. The first-order valence-corrected chi connectivity index (χ1v) is 11.2. The van der Waals surface area contributed by atoms with Crippen molar-refractivity contribution in [3.8, 4) is 11.5 Å². The summed E-state index contributed by atoms with van der Waals surface area (Å²) in [4.78, 5) is 42.1. The van der Waals surface area contributed by atoms with Gasteiger partial charge >= 0.3 is 6.03 Å². The third-order valence-electron chi connectivity index (χ3n) is 6.86. The van der Waals surface area contributed by atoms with Crippen molar-refractivity contribution in [1.82, 2.24) is 20.3 Å². The van der Waals surface area contributed by atoms with Gasteiger partial charge in [-0.2, -0.15) is 0 Å². The molecule has 5 rings (SSSR count). The molecular formula is C23H26N4O6. The summed E-state index contributed by atoms with van der Waals surface area (Å²) < 4.78 is 15.8. The summed E-state index contributed by atoms with van der Waals surface area (Å²) >= 11 is 0. The second kappa shape index (κ2) is 8.09. The van der Waals surface area contributed by atoms with Crippen LogP contribution in [0.2, 0.25) is 0 Å². The first-order chi connectivity index (χ1) is 15.9. The summed E-state index contributed by atoms with van der Waals surface area (Å²) in [7, 11) is 0. The van der Waals surface area contributed by atoms with Gasteiger partial charge in [-0.1, -0.05) is 18.1 Å². The van der Waals surface area contributed by atoms with Crippen LogP contribution < -0.4 is 14.8 Å². The van der Waals surface area contributed by atoms with Gasteiger partial charge in [0.1, 0.15) is 11.3 Å². The molecule has 0 spiro atoms. The molecule has 2 saturated heterocycles. The smallest absolute Gasteiger partial charge is 0.325 e. The molecule has 3 aliphatic rings. The third-order valence-corrected chi connectivity index (χ3v) is 6.86. The van der Waals surface area contributed by atoms with Crippen molar-refractivity contribution in [2.75, 3.05) is 19.9 Å². The Morgan fingerprint density at radius 3 is 2.64 bits per heavy atom. The highest BCUT2D eigenvalue weighted by molar-refractivity contribution is 6.07. The highest BCUT2D eigenvalue weighted by Gasteiger charge is 2.55. The van der Waals surface area contributed by atoms with E-state index in [0.717, 1.165) is 5.56 Å². The number of ether oxygens (including phenoxy) is 2. The average molecular weight is 454 g/mol. The number of rotatable bonds is 5. The Morgan fingerprint density at radius 1 is 1.18 bits per heavy atom. The van der Waals surface area contributed by atoms with Gasteiger partial charge in [-0.15, -0.1) is 0 Å². The fourth-order valence-corrected chi connectivity index (χ4v) is 5.02. The highest BCUT2D eigenvalue weighted by atomic mass is 16.7. The molecule has 4 amide bonds. The maximum absolute atomic E-state index is 13.5. The summed E-state index contributed by atoms with van der Waals surface area (Å²) in [6, 6.07) is 6.64. The van der Waals surface area contributed by atoms with Crippen LogP contribution >= 0.6 is 0 Å². The van der Waals surface area contributed by atoms with Crippen LogP contribution in [0.15, 0.2) is 28.8 Å². The van der Waals surface area contributed by atoms with Crippen molar-refractivity contribution in [3.05, 3.63) is 41.3 Å². The lowest BCUT2D eigenvalue weighted by molar-refractivity contribution is -0.134. The monoisotopic (exact) mass is 454 g/mol. The summed E-state index contributed by atoms with van der Waals surface area (Å²) in [5.74, 6) is 1.39. The standard InChI is InChI=1S/C23H26N4O6/c1-3-23(16-6-8-26(9-7-16)20(28)17-10-14(2)33-25-17)21(29)27(22(30)24-23)12-15-4-5-18-19(11-15)32-13-31-18/h4-5,10-11,16H,3,6-9,12-13H2,1-2H3,(H,24,30)/t23-/m0/s1. The van der Waals surface area contributed by atoms with Crippen LogP contribution in [0.4, 0.5) is 4.79 Å². The van der Waals surface area contributed by atoms with E-state index in [4.69, 9.17) is 14.0 Å². The molecule has 1 aromatic heterocycles. The molecule has 33 heavy (non-hydrogen) atoms.